The Balaban J connectivity index is 1.37. The Morgan fingerprint density at radius 2 is 2.23 bits per heavy atom. The van der Waals surface area contributed by atoms with Crippen molar-refractivity contribution in [2.45, 2.75) is 31.0 Å². The monoisotopic (exact) mass is 349 g/mol. The van der Waals surface area contributed by atoms with Crippen molar-refractivity contribution < 1.29 is 0 Å². The molecule has 132 valence electrons. The maximum absolute atomic E-state index is 6.52. The molecule has 0 bridgehead atoms. The molecule has 5 rings (SSSR count). The van der Waals surface area contributed by atoms with Gasteiger partial charge in [-0.05, 0) is 31.1 Å². The van der Waals surface area contributed by atoms with E-state index in [4.69, 9.17) is 5.73 Å². The maximum atomic E-state index is 6.52. The number of hydrogen-bond acceptors (Lipinski definition) is 5. The van der Waals surface area contributed by atoms with Crippen LogP contribution in [-0.2, 0) is 12.2 Å². The summed E-state index contributed by atoms with van der Waals surface area (Å²) in [7, 11) is 0. The number of aromatic amines is 2. The number of nitrogens with two attached hydrogens (primary N) is 1. The van der Waals surface area contributed by atoms with E-state index in [0.29, 0.717) is 18.4 Å². The van der Waals surface area contributed by atoms with E-state index in [9.17, 15) is 0 Å². The molecular formula is C17H19N9. The second kappa shape index (κ2) is 5.67. The molecule has 9 heteroatoms. The van der Waals surface area contributed by atoms with Crippen molar-refractivity contribution in [3.05, 3.63) is 53.9 Å². The molecule has 1 unspecified atom stereocenters. The van der Waals surface area contributed by atoms with Gasteiger partial charge in [-0.2, -0.15) is 10.2 Å². The first-order valence-electron chi connectivity index (χ1n) is 8.60. The van der Waals surface area contributed by atoms with Crippen molar-refractivity contribution in [3.63, 3.8) is 0 Å². The molecule has 0 spiro atoms. The molecule has 1 atom stereocenters. The van der Waals surface area contributed by atoms with Gasteiger partial charge in [-0.15, -0.1) is 0 Å². The smallest absolute Gasteiger partial charge is 0.197 e. The van der Waals surface area contributed by atoms with E-state index in [2.05, 4.69) is 41.0 Å². The van der Waals surface area contributed by atoms with Gasteiger partial charge in [0, 0.05) is 29.4 Å². The summed E-state index contributed by atoms with van der Waals surface area (Å²) in [6.07, 6.45) is 9.55. The molecule has 0 amide bonds. The summed E-state index contributed by atoms with van der Waals surface area (Å²) in [5.41, 5.74) is 9.30. The van der Waals surface area contributed by atoms with Crippen LogP contribution >= 0.6 is 0 Å². The molecule has 0 aromatic carbocycles. The average molecular weight is 349 g/mol. The third kappa shape index (κ3) is 2.62. The SMILES string of the molecule is NC1(c2cc(C3CC3)[nH]n2)C=CNC(=NCc2nccc3[nH]ncc23)N1. The van der Waals surface area contributed by atoms with Gasteiger partial charge < -0.3 is 16.4 Å². The largest absolute Gasteiger partial charge is 0.333 e. The van der Waals surface area contributed by atoms with Crippen LogP contribution in [0.4, 0.5) is 0 Å². The number of aromatic nitrogens is 5. The third-order valence-corrected chi connectivity index (χ3v) is 4.77. The van der Waals surface area contributed by atoms with E-state index < -0.39 is 5.66 Å². The van der Waals surface area contributed by atoms with Crippen molar-refractivity contribution in [2.75, 3.05) is 0 Å². The summed E-state index contributed by atoms with van der Waals surface area (Å²) < 4.78 is 0. The number of guanidine groups is 1. The Kier molecular flexibility index (Phi) is 3.29. The predicted octanol–water partition coefficient (Wildman–Crippen LogP) is 0.933. The lowest BCUT2D eigenvalue weighted by Crippen LogP contribution is -2.57. The number of nitrogens with zero attached hydrogens (tertiary/aromatic N) is 4. The summed E-state index contributed by atoms with van der Waals surface area (Å²) >= 11 is 0. The van der Waals surface area contributed by atoms with E-state index in [1.54, 1.807) is 18.6 Å². The van der Waals surface area contributed by atoms with Crippen LogP contribution in [-0.4, -0.2) is 31.3 Å². The maximum Gasteiger partial charge on any atom is 0.197 e. The number of aliphatic imine (C=N–C) groups is 1. The van der Waals surface area contributed by atoms with E-state index in [-0.39, 0.29) is 0 Å². The Morgan fingerprint density at radius 3 is 3.12 bits per heavy atom. The van der Waals surface area contributed by atoms with Crippen molar-refractivity contribution in [3.8, 4) is 0 Å². The zero-order valence-electron chi connectivity index (χ0n) is 14.0. The zero-order chi connectivity index (χ0) is 17.6. The Hall–Kier alpha value is -3.20. The van der Waals surface area contributed by atoms with Gasteiger partial charge in [0.2, 0.25) is 0 Å². The van der Waals surface area contributed by atoms with Crippen molar-refractivity contribution in [1.82, 2.24) is 36.0 Å². The van der Waals surface area contributed by atoms with Gasteiger partial charge >= 0.3 is 0 Å². The van der Waals surface area contributed by atoms with E-state index in [1.165, 1.54) is 12.8 Å². The summed E-state index contributed by atoms with van der Waals surface area (Å²) in [5.74, 6) is 1.17. The Labute approximate surface area is 149 Å². The molecule has 0 saturated heterocycles. The zero-order valence-corrected chi connectivity index (χ0v) is 14.0. The van der Waals surface area contributed by atoms with Crippen LogP contribution in [0.3, 0.4) is 0 Å². The number of fused-ring (bicyclic) bond motifs is 1. The first kappa shape index (κ1) is 15.1. The number of rotatable bonds is 4. The van der Waals surface area contributed by atoms with Crippen LogP contribution in [0.2, 0.25) is 0 Å². The fourth-order valence-electron chi connectivity index (χ4n) is 3.12. The van der Waals surface area contributed by atoms with Gasteiger partial charge in [-0.3, -0.25) is 15.2 Å². The van der Waals surface area contributed by atoms with Crippen LogP contribution in [0.25, 0.3) is 10.9 Å². The molecule has 1 aliphatic heterocycles. The predicted molar refractivity (Wildman–Crippen MR) is 96.9 cm³/mol. The average Bonchev–Trinajstić information content (AvgIpc) is 3.18. The highest BCUT2D eigenvalue weighted by atomic mass is 15.3. The third-order valence-electron chi connectivity index (χ3n) is 4.77. The standard InChI is InChI=1S/C17H19N9/c18-17(15-7-13(25-26-15)10-1-2-10)4-6-20-16(23-17)21-9-14-11-8-22-24-12(11)3-5-19-14/h3-8,10H,1-2,9,18H2,(H,22,24)(H,25,26)(H2,20,21,23). The summed E-state index contributed by atoms with van der Waals surface area (Å²) in [6.45, 7) is 0.407. The normalized spacial score (nSPS) is 24.0. The number of H-pyrrole nitrogens is 2. The second-order valence-corrected chi connectivity index (χ2v) is 6.71. The van der Waals surface area contributed by atoms with Crippen LogP contribution in [0.15, 0.2) is 41.8 Å². The molecule has 3 aromatic heterocycles. The van der Waals surface area contributed by atoms with Crippen LogP contribution in [0.1, 0.15) is 35.8 Å². The molecule has 2 aliphatic rings. The van der Waals surface area contributed by atoms with Crippen LogP contribution < -0.4 is 16.4 Å². The molecule has 3 aromatic rings. The number of pyridine rings is 1. The van der Waals surface area contributed by atoms with E-state index in [1.807, 2.05) is 18.2 Å². The van der Waals surface area contributed by atoms with Gasteiger partial charge in [-0.25, -0.2) is 4.99 Å². The second-order valence-electron chi connectivity index (χ2n) is 6.71. The highest BCUT2D eigenvalue weighted by Gasteiger charge is 2.33. The highest BCUT2D eigenvalue weighted by Crippen LogP contribution is 2.39. The minimum absolute atomic E-state index is 0.407. The van der Waals surface area contributed by atoms with Crippen molar-refractivity contribution >= 4 is 16.9 Å². The molecule has 26 heavy (non-hydrogen) atoms. The number of hydrogen-bond donors (Lipinski definition) is 5. The first-order valence-corrected chi connectivity index (χ1v) is 8.60. The van der Waals surface area contributed by atoms with Gasteiger partial charge in [0.05, 0.1) is 24.0 Å². The van der Waals surface area contributed by atoms with Crippen LogP contribution in [0.5, 0.6) is 0 Å². The Morgan fingerprint density at radius 1 is 1.31 bits per heavy atom. The molecule has 6 N–H and O–H groups in total. The molecule has 9 nitrogen and oxygen atoms in total. The topological polar surface area (TPSA) is 133 Å². The van der Waals surface area contributed by atoms with Crippen LogP contribution in [0, 0.1) is 0 Å². The minimum Gasteiger partial charge on any atom is -0.333 e. The summed E-state index contributed by atoms with van der Waals surface area (Å²) in [6, 6.07) is 3.92. The van der Waals surface area contributed by atoms with Gasteiger partial charge in [0.25, 0.3) is 0 Å². The van der Waals surface area contributed by atoms with Gasteiger partial charge in [0.15, 0.2) is 11.6 Å². The quantitative estimate of drug-likeness (QED) is 0.476. The lowest BCUT2D eigenvalue weighted by atomic mass is 10.1. The number of nitrogens with one attached hydrogen (secondary N) is 4. The fourth-order valence-corrected chi connectivity index (χ4v) is 3.12. The molecule has 1 fully saturated rings. The van der Waals surface area contributed by atoms with E-state index in [0.717, 1.165) is 28.0 Å². The first-order chi connectivity index (χ1) is 12.7. The van der Waals surface area contributed by atoms with Crippen molar-refractivity contribution in [1.29, 1.82) is 0 Å². The molecular weight excluding hydrogens is 330 g/mol. The fraction of sp³-hybridized carbons (Fsp3) is 0.294. The molecule has 0 radical (unpaired) electrons. The summed E-state index contributed by atoms with van der Waals surface area (Å²) in [4.78, 5) is 8.98. The Bertz CT molecular complexity index is 1010. The van der Waals surface area contributed by atoms with Gasteiger partial charge in [-0.1, -0.05) is 0 Å². The molecule has 4 heterocycles. The minimum atomic E-state index is -0.900. The highest BCUT2D eigenvalue weighted by molar-refractivity contribution is 5.84. The van der Waals surface area contributed by atoms with Gasteiger partial charge in [0.1, 0.15) is 5.69 Å². The lowest BCUT2D eigenvalue weighted by Gasteiger charge is -2.30. The lowest BCUT2D eigenvalue weighted by molar-refractivity contribution is 0.483. The van der Waals surface area contributed by atoms with E-state index >= 15 is 0 Å². The molecule has 1 aliphatic carbocycles. The summed E-state index contributed by atoms with van der Waals surface area (Å²) in [5, 5.41) is 21.7. The molecule has 1 saturated carbocycles. The van der Waals surface area contributed by atoms with Crippen molar-refractivity contribution in [2.24, 2.45) is 10.7 Å².